The van der Waals surface area contributed by atoms with Crippen LogP contribution >= 0.6 is 0 Å². The summed E-state index contributed by atoms with van der Waals surface area (Å²) in [5, 5.41) is 0. The van der Waals surface area contributed by atoms with Gasteiger partial charge in [0.15, 0.2) is 0 Å². The Labute approximate surface area is 93.2 Å². The number of halogens is 1. The molecule has 1 aromatic heterocycles. The van der Waals surface area contributed by atoms with Gasteiger partial charge in [0.2, 0.25) is 0 Å². The second-order valence-electron chi connectivity index (χ2n) is 3.62. The lowest BCUT2D eigenvalue weighted by Gasteiger charge is -2.11. The zero-order chi connectivity index (χ0) is 11.5. The van der Waals surface area contributed by atoms with E-state index in [-0.39, 0.29) is 11.9 Å². The molecule has 0 spiro atoms. The third-order valence-corrected chi connectivity index (χ3v) is 2.46. The van der Waals surface area contributed by atoms with E-state index in [1.54, 1.807) is 31.3 Å². The molecule has 3 nitrogen and oxygen atoms in total. The molecule has 16 heavy (non-hydrogen) atoms. The van der Waals surface area contributed by atoms with Gasteiger partial charge in [-0.1, -0.05) is 12.1 Å². The molecule has 2 aromatic rings. The van der Waals surface area contributed by atoms with E-state index in [0.717, 1.165) is 11.3 Å². The summed E-state index contributed by atoms with van der Waals surface area (Å²) in [7, 11) is 0. The van der Waals surface area contributed by atoms with Gasteiger partial charge >= 0.3 is 0 Å². The molecule has 1 atom stereocenters. The van der Waals surface area contributed by atoms with Gasteiger partial charge in [-0.15, -0.1) is 0 Å². The van der Waals surface area contributed by atoms with Crippen molar-refractivity contribution in [2.24, 2.45) is 5.73 Å². The molecule has 2 N–H and O–H groups in total. The Morgan fingerprint density at radius 2 is 2.12 bits per heavy atom. The fourth-order valence-electron chi connectivity index (χ4n) is 1.52. The summed E-state index contributed by atoms with van der Waals surface area (Å²) < 4.78 is 13.1. The van der Waals surface area contributed by atoms with E-state index in [2.05, 4.69) is 9.97 Å². The lowest BCUT2D eigenvalue weighted by atomic mass is 10.0. The summed E-state index contributed by atoms with van der Waals surface area (Å²) in [4.78, 5) is 7.90. The topological polar surface area (TPSA) is 51.8 Å². The Balaban J connectivity index is 2.34. The van der Waals surface area contributed by atoms with Crippen molar-refractivity contribution in [2.75, 3.05) is 0 Å². The molecular weight excluding hydrogens is 205 g/mol. The predicted octanol–water partition coefficient (Wildman–Crippen LogP) is 1.97. The van der Waals surface area contributed by atoms with Crippen molar-refractivity contribution in [2.45, 2.75) is 13.0 Å². The molecule has 0 aliphatic heterocycles. The van der Waals surface area contributed by atoms with Crippen LogP contribution in [0.25, 0.3) is 0 Å². The van der Waals surface area contributed by atoms with Gasteiger partial charge in [-0.2, -0.15) is 0 Å². The van der Waals surface area contributed by atoms with Crippen LogP contribution in [0.3, 0.4) is 0 Å². The number of aryl methyl sites for hydroxylation is 1. The first-order valence-electron chi connectivity index (χ1n) is 4.96. The molecule has 0 aliphatic rings. The maximum atomic E-state index is 13.1. The number of nitrogens with two attached hydrogens (primary N) is 1. The molecule has 1 heterocycles. The van der Waals surface area contributed by atoms with Crippen LogP contribution in [-0.2, 0) is 0 Å². The maximum Gasteiger partial charge on any atom is 0.126 e. The molecule has 4 heteroatoms. The highest BCUT2D eigenvalue weighted by molar-refractivity contribution is 5.30. The lowest BCUT2D eigenvalue weighted by molar-refractivity contribution is 0.616. The van der Waals surface area contributed by atoms with Crippen molar-refractivity contribution in [1.82, 2.24) is 9.97 Å². The molecule has 1 aromatic carbocycles. The highest BCUT2D eigenvalue weighted by atomic mass is 19.1. The number of hydrogen-bond acceptors (Lipinski definition) is 3. The molecule has 1 unspecified atom stereocenters. The largest absolute Gasteiger partial charge is 0.319 e. The van der Waals surface area contributed by atoms with E-state index in [1.165, 1.54) is 12.4 Å². The lowest BCUT2D eigenvalue weighted by Crippen LogP contribution is -2.13. The fraction of sp³-hybridized carbons (Fsp3) is 0.167. The summed E-state index contributed by atoms with van der Waals surface area (Å²) in [5.41, 5.74) is 8.18. The zero-order valence-corrected chi connectivity index (χ0v) is 8.89. The average Bonchev–Trinajstić information content (AvgIpc) is 2.33. The molecule has 0 radical (unpaired) electrons. The monoisotopic (exact) mass is 217 g/mol. The molecule has 0 bridgehead atoms. The summed E-state index contributed by atoms with van der Waals surface area (Å²) in [6.45, 7) is 1.71. The molecule has 0 saturated heterocycles. The molecule has 0 amide bonds. The Hall–Kier alpha value is -1.81. The van der Waals surface area contributed by atoms with Crippen LogP contribution in [-0.4, -0.2) is 9.97 Å². The minimum absolute atomic E-state index is 0.223. The number of nitrogens with zero attached hydrogens (tertiary/aromatic N) is 2. The van der Waals surface area contributed by atoms with Gasteiger partial charge in [-0.05, 0) is 30.2 Å². The van der Waals surface area contributed by atoms with Crippen molar-refractivity contribution < 1.29 is 4.39 Å². The van der Waals surface area contributed by atoms with Gasteiger partial charge in [0.1, 0.15) is 12.1 Å². The second-order valence-corrected chi connectivity index (χ2v) is 3.62. The summed E-state index contributed by atoms with van der Waals surface area (Å²) in [6.07, 6.45) is 3.09. The third-order valence-electron chi connectivity index (χ3n) is 2.46. The number of benzene rings is 1. The summed E-state index contributed by atoms with van der Waals surface area (Å²) >= 11 is 0. The van der Waals surface area contributed by atoms with Crippen LogP contribution in [0.2, 0.25) is 0 Å². The Bertz CT molecular complexity index is 485. The summed E-state index contributed by atoms with van der Waals surface area (Å²) in [5.74, 6) is -0.223. The van der Waals surface area contributed by atoms with Crippen LogP contribution in [0.5, 0.6) is 0 Å². The van der Waals surface area contributed by atoms with Crippen molar-refractivity contribution in [3.63, 3.8) is 0 Å². The van der Waals surface area contributed by atoms with Crippen molar-refractivity contribution in [3.05, 3.63) is 59.4 Å². The summed E-state index contributed by atoms with van der Waals surface area (Å²) in [6, 6.07) is 6.24. The highest BCUT2D eigenvalue weighted by Gasteiger charge is 2.11. The fourth-order valence-corrected chi connectivity index (χ4v) is 1.52. The van der Waals surface area contributed by atoms with Gasteiger partial charge in [-0.25, -0.2) is 14.4 Å². The normalized spacial score (nSPS) is 12.4. The molecule has 0 fully saturated rings. The van der Waals surface area contributed by atoms with Crippen LogP contribution < -0.4 is 5.73 Å². The quantitative estimate of drug-likeness (QED) is 0.836. The average molecular weight is 217 g/mol. The predicted molar refractivity (Wildman–Crippen MR) is 59.2 cm³/mol. The van der Waals surface area contributed by atoms with Crippen LogP contribution in [0, 0.1) is 12.7 Å². The zero-order valence-electron chi connectivity index (χ0n) is 8.89. The second kappa shape index (κ2) is 4.37. The molecule has 82 valence electrons. The standard InChI is InChI=1S/C12H12FN3/c1-8-6-9(2-3-10(8)13)12(14)11-4-5-15-7-16-11/h2-7,12H,14H2,1H3. The third kappa shape index (κ3) is 2.06. The van der Waals surface area contributed by atoms with Crippen LogP contribution in [0.15, 0.2) is 36.8 Å². The Morgan fingerprint density at radius 3 is 2.75 bits per heavy atom. The van der Waals surface area contributed by atoms with E-state index >= 15 is 0 Å². The van der Waals surface area contributed by atoms with E-state index < -0.39 is 0 Å². The Kier molecular flexibility index (Phi) is 2.92. The van der Waals surface area contributed by atoms with Gasteiger partial charge < -0.3 is 5.73 Å². The number of aromatic nitrogens is 2. The highest BCUT2D eigenvalue weighted by Crippen LogP contribution is 2.19. The first-order chi connectivity index (χ1) is 7.68. The van der Waals surface area contributed by atoms with E-state index in [9.17, 15) is 4.39 Å². The number of hydrogen-bond donors (Lipinski definition) is 1. The molecular formula is C12H12FN3. The number of rotatable bonds is 2. The first-order valence-corrected chi connectivity index (χ1v) is 4.96. The van der Waals surface area contributed by atoms with Crippen molar-refractivity contribution in [1.29, 1.82) is 0 Å². The SMILES string of the molecule is Cc1cc(C(N)c2ccncn2)ccc1F. The van der Waals surface area contributed by atoms with Crippen molar-refractivity contribution in [3.8, 4) is 0 Å². The first kappa shape index (κ1) is 10.7. The van der Waals surface area contributed by atoms with E-state index in [1.807, 2.05) is 0 Å². The van der Waals surface area contributed by atoms with Gasteiger partial charge in [0.25, 0.3) is 0 Å². The minimum atomic E-state index is -0.345. The Morgan fingerprint density at radius 1 is 1.31 bits per heavy atom. The molecule has 0 aliphatic carbocycles. The minimum Gasteiger partial charge on any atom is -0.319 e. The van der Waals surface area contributed by atoms with E-state index in [0.29, 0.717) is 5.56 Å². The van der Waals surface area contributed by atoms with Gasteiger partial charge in [-0.3, -0.25) is 0 Å². The van der Waals surface area contributed by atoms with Gasteiger partial charge in [0, 0.05) is 6.20 Å². The van der Waals surface area contributed by atoms with Crippen LogP contribution in [0.1, 0.15) is 22.9 Å². The van der Waals surface area contributed by atoms with Crippen molar-refractivity contribution >= 4 is 0 Å². The maximum absolute atomic E-state index is 13.1. The van der Waals surface area contributed by atoms with Crippen LogP contribution in [0.4, 0.5) is 4.39 Å². The molecule has 0 saturated carbocycles. The smallest absolute Gasteiger partial charge is 0.126 e. The van der Waals surface area contributed by atoms with E-state index in [4.69, 9.17) is 5.73 Å². The van der Waals surface area contributed by atoms with Gasteiger partial charge in [0.05, 0.1) is 11.7 Å². The molecule has 2 rings (SSSR count).